The highest BCUT2D eigenvalue weighted by atomic mass is 79.9. The van der Waals surface area contributed by atoms with Gasteiger partial charge in [-0.25, -0.2) is 13.1 Å². The Labute approximate surface area is 120 Å². The van der Waals surface area contributed by atoms with Gasteiger partial charge in [0.15, 0.2) is 0 Å². The SMILES string of the molecule is Cn1cnnc1CNS(=O)(=O)c1ccc(CBr)cc1. The maximum atomic E-state index is 12.1. The van der Waals surface area contributed by atoms with Gasteiger partial charge in [0.25, 0.3) is 0 Å². The molecule has 8 heteroatoms. The van der Waals surface area contributed by atoms with E-state index in [2.05, 4.69) is 30.8 Å². The summed E-state index contributed by atoms with van der Waals surface area (Å²) in [6.07, 6.45) is 1.52. The topological polar surface area (TPSA) is 76.9 Å². The van der Waals surface area contributed by atoms with Crippen molar-refractivity contribution in [2.45, 2.75) is 16.8 Å². The molecule has 1 heterocycles. The number of nitrogens with zero attached hydrogens (tertiary/aromatic N) is 3. The van der Waals surface area contributed by atoms with Gasteiger partial charge in [-0.2, -0.15) is 0 Å². The van der Waals surface area contributed by atoms with E-state index in [4.69, 9.17) is 0 Å². The van der Waals surface area contributed by atoms with Crippen LogP contribution in [0, 0.1) is 0 Å². The molecule has 2 rings (SSSR count). The predicted octanol–water partition coefficient (Wildman–Crippen LogP) is 1.19. The lowest BCUT2D eigenvalue weighted by atomic mass is 10.2. The van der Waals surface area contributed by atoms with Crippen LogP contribution in [0.5, 0.6) is 0 Å². The summed E-state index contributed by atoms with van der Waals surface area (Å²) in [6, 6.07) is 6.70. The third kappa shape index (κ3) is 3.40. The van der Waals surface area contributed by atoms with Crippen LogP contribution in [0.2, 0.25) is 0 Å². The minimum absolute atomic E-state index is 0.110. The largest absolute Gasteiger partial charge is 0.320 e. The van der Waals surface area contributed by atoms with E-state index >= 15 is 0 Å². The van der Waals surface area contributed by atoms with E-state index in [1.165, 1.54) is 6.33 Å². The Morgan fingerprint density at radius 3 is 2.53 bits per heavy atom. The van der Waals surface area contributed by atoms with Crippen LogP contribution >= 0.6 is 15.9 Å². The summed E-state index contributed by atoms with van der Waals surface area (Å²) in [7, 11) is -1.77. The van der Waals surface area contributed by atoms with Crippen molar-refractivity contribution in [2.75, 3.05) is 0 Å². The zero-order chi connectivity index (χ0) is 13.9. The van der Waals surface area contributed by atoms with Crippen LogP contribution in [0.4, 0.5) is 0 Å². The third-order valence-corrected chi connectivity index (χ3v) is 4.68. The number of aromatic nitrogens is 3. The maximum Gasteiger partial charge on any atom is 0.240 e. The van der Waals surface area contributed by atoms with Crippen LogP contribution in [0.15, 0.2) is 35.5 Å². The number of hydrogen-bond donors (Lipinski definition) is 1. The van der Waals surface area contributed by atoms with Crippen molar-refractivity contribution < 1.29 is 8.42 Å². The Hall–Kier alpha value is -1.25. The van der Waals surface area contributed by atoms with Crippen molar-refractivity contribution >= 4 is 26.0 Å². The number of nitrogens with one attached hydrogen (secondary N) is 1. The van der Waals surface area contributed by atoms with Gasteiger partial charge in [-0.3, -0.25) is 0 Å². The molecular weight excluding hydrogens is 332 g/mol. The van der Waals surface area contributed by atoms with Crippen molar-refractivity contribution in [3.8, 4) is 0 Å². The van der Waals surface area contributed by atoms with Gasteiger partial charge >= 0.3 is 0 Å². The Morgan fingerprint density at radius 2 is 2.00 bits per heavy atom. The first-order valence-corrected chi connectivity index (χ1v) is 8.11. The minimum atomic E-state index is -3.52. The first-order chi connectivity index (χ1) is 9.03. The van der Waals surface area contributed by atoms with Crippen molar-refractivity contribution in [3.63, 3.8) is 0 Å². The van der Waals surface area contributed by atoms with Crippen LogP contribution in [-0.2, 0) is 28.9 Å². The summed E-state index contributed by atoms with van der Waals surface area (Å²) in [5.74, 6) is 0.556. The first-order valence-electron chi connectivity index (χ1n) is 5.50. The van der Waals surface area contributed by atoms with E-state index in [0.29, 0.717) is 11.2 Å². The second-order valence-corrected chi connectivity index (χ2v) is 6.29. The fourth-order valence-electron chi connectivity index (χ4n) is 1.47. The number of halogens is 1. The van der Waals surface area contributed by atoms with E-state index in [-0.39, 0.29) is 11.4 Å². The van der Waals surface area contributed by atoms with Gasteiger partial charge in [-0.1, -0.05) is 28.1 Å². The Balaban J connectivity index is 2.11. The molecule has 0 saturated heterocycles. The van der Waals surface area contributed by atoms with E-state index in [1.54, 1.807) is 35.9 Å². The van der Waals surface area contributed by atoms with Gasteiger partial charge in [0.1, 0.15) is 12.2 Å². The molecule has 0 aliphatic rings. The number of alkyl halides is 1. The van der Waals surface area contributed by atoms with Gasteiger partial charge in [0.05, 0.1) is 11.4 Å². The van der Waals surface area contributed by atoms with Crippen molar-refractivity contribution in [2.24, 2.45) is 7.05 Å². The third-order valence-electron chi connectivity index (χ3n) is 2.61. The summed E-state index contributed by atoms with van der Waals surface area (Å²) in [5, 5.41) is 8.20. The molecule has 0 atom stereocenters. The fourth-order valence-corrected chi connectivity index (χ4v) is 2.82. The van der Waals surface area contributed by atoms with E-state index in [9.17, 15) is 8.42 Å². The maximum absolute atomic E-state index is 12.1. The molecule has 0 radical (unpaired) electrons. The average molecular weight is 345 g/mol. The molecule has 0 bridgehead atoms. The Bertz CT molecular complexity index is 652. The smallest absolute Gasteiger partial charge is 0.240 e. The molecule has 0 fully saturated rings. The second kappa shape index (κ2) is 5.81. The minimum Gasteiger partial charge on any atom is -0.320 e. The highest BCUT2D eigenvalue weighted by molar-refractivity contribution is 9.08. The van der Waals surface area contributed by atoms with Gasteiger partial charge in [0.2, 0.25) is 10.0 Å². The van der Waals surface area contributed by atoms with Gasteiger partial charge in [-0.05, 0) is 17.7 Å². The van der Waals surface area contributed by atoms with Crippen molar-refractivity contribution in [1.29, 1.82) is 0 Å². The quantitative estimate of drug-likeness (QED) is 0.826. The molecule has 0 spiro atoms. The molecule has 0 saturated carbocycles. The van der Waals surface area contributed by atoms with Crippen molar-refractivity contribution in [1.82, 2.24) is 19.5 Å². The zero-order valence-electron chi connectivity index (χ0n) is 10.2. The summed E-state index contributed by atoms with van der Waals surface area (Å²) < 4.78 is 28.3. The van der Waals surface area contributed by atoms with Gasteiger partial charge in [0, 0.05) is 12.4 Å². The molecule has 0 amide bonds. The van der Waals surface area contributed by atoms with Gasteiger partial charge < -0.3 is 4.57 Å². The number of benzene rings is 1. The number of sulfonamides is 1. The second-order valence-electron chi connectivity index (χ2n) is 3.96. The molecule has 19 heavy (non-hydrogen) atoms. The summed E-state index contributed by atoms with van der Waals surface area (Å²) in [6.45, 7) is 0.110. The highest BCUT2D eigenvalue weighted by Crippen LogP contribution is 2.12. The number of hydrogen-bond acceptors (Lipinski definition) is 4. The lowest BCUT2D eigenvalue weighted by Gasteiger charge is -2.06. The van der Waals surface area contributed by atoms with Crippen LogP contribution in [-0.4, -0.2) is 23.2 Å². The lowest BCUT2D eigenvalue weighted by molar-refractivity contribution is 0.577. The zero-order valence-corrected chi connectivity index (χ0v) is 12.6. The highest BCUT2D eigenvalue weighted by Gasteiger charge is 2.14. The van der Waals surface area contributed by atoms with Crippen LogP contribution in [0.3, 0.4) is 0 Å². The summed E-state index contributed by atoms with van der Waals surface area (Å²) in [4.78, 5) is 0.236. The van der Waals surface area contributed by atoms with Crippen LogP contribution in [0.25, 0.3) is 0 Å². The monoisotopic (exact) mass is 344 g/mol. The Morgan fingerprint density at radius 1 is 1.32 bits per heavy atom. The molecule has 0 aliphatic carbocycles. The number of rotatable bonds is 5. The molecule has 6 nitrogen and oxygen atoms in total. The van der Waals surface area contributed by atoms with E-state index < -0.39 is 10.0 Å². The molecule has 2 aromatic rings. The average Bonchev–Trinajstić information content (AvgIpc) is 2.82. The standard InChI is InChI=1S/C11H13BrN4O2S/c1-16-8-13-15-11(16)7-14-19(17,18)10-4-2-9(6-12)3-5-10/h2-5,8,14H,6-7H2,1H3. The molecule has 1 N–H and O–H groups in total. The molecule has 0 unspecified atom stereocenters. The van der Waals surface area contributed by atoms with E-state index in [0.717, 1.165) is 5.56 Å². The lowest BCUT2D eigenvalue weighted by Crippen LogP contribution is -2.24. The predicted molar refractivity (Wildman–Crippen MR) is 74.1 cm³/mol. The van der Waals surface area contributed by atoms with E-state index in [1.807, 2.05) is 0 Å². The normalized spacial score (nSPS) is 11.7. The molecular formula is C11H13BrN4O2S. The fraction of sp³-hybridized carbons (Fsp3) is 0.273. The molecule has 1 aromatic carbocycles. The molecule has 102 valence electrons. The number of aryl methyl sites for hydroxylation is 1. The summed E-state index contributed by atoms with van der Waals surface area (Å²) in [5.41, 5.74) is 1.02. The summed E-state index contributed by atoms with van der Waals surface area (Å²) >= 11 is 3.31. The van der Waals surface area contributed by atoms with Crippen molar-refractivity contribution in [3.05, 3.63) is 42.0 Å². The van der Waals surface area contributed by atoms with Crippen LogP contribution in [0.1, 0.15) is 11.4 Å². The van der Waals surface area contributed by atoms with Crippen LogP contribution < -0.4 is 4.72 Å². The van der Waals surface area contributed by atoms with Gasteiger partial charge in [-0.15, -0.1) is 10.2 Å². The molecule has 0 aliphatic heterocycles. The first kappa shape index (κ1) is 14.2. The Kier molecular flexibility index (Phi) is 4.33. The molecule has 1 aromatic heterocycles.